The van der Waals surface area contributed by atoms with Gasteiger partial charge in [-0.1, -0.05) is 44.4 Å². The Morgan fingerprint density at radius 3 is 2.54 bits per heavy atom. The van der Waals surface area contributed by atoms with Crippen LogP contribution in [0, 0.1) is 5.92 Å². The number of carbonyl (C=O) groups is 1. The molecule has 1 aliphatic rings. The minimum Gasteiger partial charge on any atom is -0.347 e. The standard InChI is InChI=1S/C23H34N2O/c1-3-4-9-20-12-16-24(17-13-20)14-7-8-15-25-18-22(19(2)26)21-10-5-6-11-23(21)25/h5-6,10-11,18,20H,3-4,7-9,12-17H2,1-2H3. The van der Waals surface area contributed by atoms with Crippen molar-refractivity contribution in [3.63, 3.8) is 0 Å². The van der Waals surface area contributed by atoms with Crippen molar-refractivity contribution in [2.24, 2.45) is 5.92 Å². The van der Waals surface area contributed by atoms with Crippen molar-refractivity contribution in [3.05, 3.63) is 36.0 Å². The Kier molecular flexibility index (Phi) is 6.90. The van der Waals surface area contributed by atoms with Crippen LogP contribution in [0.4, 0.5) is 0 Å². The molecule has 2 heterocycles. The predicted octanol–water partition coefficient (Wildman–Crippen LogP) is 5.53. The number of likely N-dealkylation sites (tertiary alicyclic amines) is 1. The van der Waals surface area contributed by atoms with Gasteiger partial charge in [0, 0.05) is 29.2 Å². The van der Waals surface area contributed by atoms with Gasteiger partial charge < -0.3 is 9.47 Å². The molecule has 26 heavy (non-hydrogen) atoms. The fourth-order valence-electron chi connectivity index (χ4n) is 4.32. The number of piperidine rings is 1. The number of Topliss-reactive ketones (excluding diaryl/α,β-unsaturated/α-hetero) is 1. The van der Waals surface area contributed by atoms with Crippen LogP contribution >= 0.6 is 0 Å². The first-order chi connectivity index (χ1) is 12.7. The van der Waals surface area contributed by atoms with E-state index in [1.54, 1.807) is 6.92 Å². The van der Waals surface area contributed by atoms with Gasteiger partial charge in [-0.2, -0.15) is 0 Å². The van der Waals surface area contributed by atoms with Crippen LogP contribution in [-0.2, 0) is 6.54 Å². The highest BCUT2D eigenvalue weighted by atomic mass is 16.1. The molecule has 2 aromatic rings. The molecule has 3 nitrogen and oxygen atoms in total. The summed E-state index contributed by atoms with van der Waals surface area (Å²) in [5, 5.41) is 1.09. The fraction of sp³-hybridized carbons (Fsp3) is 0.609. The summed E-state index contributed by atoms with van der Waals surface area (Å²) < 4.78 is 2.27. The highest BCUT2D eigenvalue weighted by Gasteiger charge is 2.18. The first-order valence-corrected chi connectivity index (χ1v) is 10.5. The lowest BCUT2D eigenvalue weighted by Gasteiger charge is -2.32. The summed E-state index contributed by atoms with van der Waals surface area (Å²) in [7, 11) is 0. The van der Waals surface area contributed by atoms with E-state index in [0.29, 0.717) is 0 Å². The second-order valence-electron chi connectivity index (χ2n) is 7.94. The Hall–Kier alpha value is -1.61. The van der Waals surface area contributed by atoms with Gasteiger partial charge in [-0.3, -0.25) is 4.79 Å². The number of benzene rings is 1. The molecule has 1 aromatic heterocycles. The molecule has 0 spiro atoms. The number of ketones is 1. The van der Waals surface area contributed by atoms with Crippen molar-refractivity contribution in [2.45, 2.75) is 65.3 Å². The molecular weight excluding hydrogens is 320 g/mol. The number of para-hydroxylation sites is 1. The molecule has 3 rings (SSSR count). The number of hydrogen-bond acceptors (Lipinski definition) is 2. The van der Waals surface area contributed by atoms with Crippen molar-refractivity contribution in [1.29, 1.82) is 0 Å². The number of rotatable bonds is 9. The largest absolute Gasteiger partial charge is 0.347 e. The normalized spacial score (nSPS) is 16.4. The lowest BCUT2D eigenvalue weighted by Crippen LogP contribution is -2.34. The maximum absolute atomic E-state index is 11.9. The van der Waals surface area contributed by atoms with E-state index >= 15 is 0 Å². The van der Waals surface area contributed by atoms with E-state index < -0.39 is 0 Å². The van der Waals surface area contributed by atoms with E-state index in [9.17, 15) is 4.79 Å². The van der Waals surface area contributed by atoms with Crippen LogP contribution in [-0.4, -0.2) is 34.9 Å². The van der Waals surface area contributed by atoms with E-state index in [1.807, 2.05) is 12.3 Å². The van der Waals surface area contributed by atoms with Crippen LogP contribution in [0.5, 0.6) is 0 Å². The SMILES string of the molecule is CCCCC1CCN(CCCCn2cc(C(C)=O)c3ccccc32)CC1. The van der Waals surface area contributed by atoms with Crippen LogP contribution in [0.2, 0.25) is 0 Å². The molecule has 0 saturated carbocycles. The Balaban J connectivity index is 1.45. The Labute approximate surface area is 158 Å². The molecule has 0 radical (unpaired) electrons. The zero-order valence-electron chi connectivity index (χ0n) is 16.5. The molecule has 3 heteroatoms. The lowest BCUT2D eigenvalue weighted by atomic mass is 9.91. The molecule has 1 fully saturated rings. The molecule has 0 unspecified atom stereocenters. The van der Waals surface area contributed by atoms with Gasteiger partial charge in [0.15, 0.2) is 5.78 Å². The lowest BCUT2D eigenvalue weighted by molar-refractivity contribution is 0.101. The summed E-state index contributed by atoms with van der Waals surface area (Å²) in [4.78, 5) is 14.5. The van der Waals surface area contributed by atoms with Crippen molar-refractivity contribution >= 4 is 16.7 Å². The molecule has 1 saturated heterocycles. The van der Waals surface area contributed by atoms with Crippen LogP contribution in [0.15, 0.2) is 30.5 Å². The molecule has 0 amide bonds. The van der Waals surface area contributed by atoms with Gasteiger partial charge in [-0.25, -0.2) is 0 Å². The third-order valence-corrected chi connectivity index (χ3v) is 5.96. The number of aromatic nitrogens is 1. The highest BCUT2D eigenvalue weighted by Crippen LogP contribution is 2.24. The van der Waals surface area contributed by atoms with Gasteiger partial charge in [0.1, 0.15) is 0 Å². The maximum atomic E-state index is 11.9. The number of carbonyl (C=O) groups excluding carboxylic acids is 1. The second-order valence-corrected chi connectivity index (χ2v) is 7.94. The molecule has 0 aliphatic carbocycles. The van der Waals surface area contributed by atoms with Crippen molar-refractivity contribution in [3.8, 4) is 0 Å². The van der Waals surface area contributed by atoms with E-state index in [1.165, 1.54) is 70.1 Å². The van der Waals surface area contributed by atoms with Crippen molar-refractivity contribution in [1.82, 2.24) is 9.47 Å². The summed E-state index contributed by atoms with van der Waals surface area (Å²) in [5.41, 5.74) is 2.05. The predicted molar refractivity (Wildman–Crippen MR) is 110 cm³/mol. The second kappa shape index (κ2) is 9.36. The van der Waals surface area contributed by atoms with Gasteiger partial charge in [0.2, 0.25) is 0 Å². The topological polar surface area (TPSA) is 25.2 Å². The minimum absolute atomic E-state index is 0.158. The van der Waals surface area contributed by atoms with Crippen LogP contribution in [0.3, 0.4) is 0 Å². The van der Waals surface area contributed by atoms with Crippen LogP contribution in [0.25, 0.3) is 10.9 Å². The Morgan fingerprint density at radius 1 is 1.08 bits per heavy atom. The molecule has 0 N–H and O–H groups in total. The van der Waals surface area contributed by atoms with E-state index in [2.05, 4.69) is 34.6 Å². The summed E-state index contributed by atoms with van der Waals surface area (Å²) in [5.74, 6) is 1.13. The van der Waals surface area contributed by atoms with E-state index in [-0.39, 0.29) is 5.78 Å². The first kappa shape index (κ1) is 19.2. The summed E-state index contributed by atoms with van der Waals surface area (Å²) in [6.07, 6.45) is 11.4. The third kappa shape index (κ3) is 4.76. The quantitative estimate of drug-likeness (QED) is 0.437. The van der Waals surface area contributed by atoms with Crippen LogP contribution < -0.4 is 0 Å². The van der Waals surface area contributed by atoms with Gasteiger partial charge in [0.25, 0.3) is 0 Å². The number of fused-ring (bicyclic) bond motifs is 1. The van der Waals surface area contributed by atoms with Gasteiger partial charge in [-0.15, -0.1) is 0 Å². The minimum atomic E-state index is 0.158. The first-order valence-electron chi connectivity index (χ1n) is 10.5. The van der Waals surface area contributed by atoms with Crippen LogP contribution in [0.1, 0.15) is 69.2 Å². The molecule has 1 aliphatic heterocycles. The summed E-state index contributed by atoms with van der Waals surface area (Å²) >= 11 is 0. The average Bonchev–Trinajstić information content (AvgIpc) is 3.04. The monoisotopic (exact) mass is 354 g/mol. The van der Waals surface area contributed by atoms with E-state index in [0.717, 1.165) is 23.4 Å². The molecular formula is C23H34N2O. The highest BCUT2D eigenvalue weighted by molar-refractivity contribution is 6.06. The molecule has 0 bridgehead atoms. The van der Waals surface area contributed by atoms with Gasteiger partial charge in [0.05, 0.1) is 0 Å². The number of aryl methyl sites for hydroxylation is 1. The van der Waals surface area contributed by atoms with Crippen molar-refractivity contribution in [2.75, 3.05) is 19.6 Å². The zero-order chi connectivity index (χ0) is 18.4. The third-order valence-electron chi connectivity index (χ3n) is 5.96. The van der Waals surface area contributed by atoms with Gasteiger partial charge >= 0.3 is 0 Å². The number of unbranched alkanes of at least 4 members (excludes halogenated alkanes) is 2. The van der Waals surface area contributed by atoms with E-state index in [4.69, 9.17) is 0 Å². The van der Waals surface area contributed by atoms with Crippen molar-refractivity contribution < 1.29 is 4.79 Å². The number of hydrogen-bond donors (Lipinski definition) is 0. The average molecular weight is 355 g/mol. The maximum Gasteiger partial charge on any atom is 0.161 e. The Bertz CT molecular complexity index is 710. The number of nitrogens with zero attached hydrogens (tertiary/aromatic N) is 2. The Morgan fingerprint density at radius 2 is 1.81 bits per heavy atom. The summed E-state index contributed by atoms with van der Waals surface area (Å²) in [6.45, 7) is 8.75. The molecule has 1 aromatic carbocycles. The smallest absolute Gasteiger partial charge is 0.161 e. The molecule has 0 atom stereocenters. The zero-order valence-corrected chi connectivity index (χ0v) is 16.5. The summed E-state index contributed by atoms with van der Waals surface area (Å²) in [6, 6.07) is 8.27. The van der Waals surface area contributed by atoms with Gasteiger partial charge in [-0.05, 0) is 64.2 Å². The fourth-order valence-corrected chi connectivity index (χ4v) is 4.32. The molecule has 142 valence electrons.